The Hall–Kier alpha value is -4.29. The van der Waals surface area contributed by atoms with Crippen LogP contribution >= 0.6 is 0 Å². The molecule has 5 rings (SSSR count). The molecule has 10 nitrogen and oxygen atoms in total. The number of rotatable bonds is 5. The number of alkyl halides is 3. The fourth-order valence-corrected chi connectivity index (χ4v) is 4.68. The van der Waals surface area contributed by atoms with Crippen LogP contribution < -0.4 is 10.2 Å². The lowest BCUT2D eigenvalue weighted by atomic mass is 9.98. The first-order valence-corrected chi connectivity index (χ1v) is 12.8. The number of fused-ring (bicyclic) bond motifs is 1. The molecule has 1 aliphatic heterocycles. The van der Waals surface area contributed by atoms with Crippen LogP contribution in [-0.2, 0) is 4.79 Å². The molecule has 3 aromatic rings. The van der Waals surface area contributed by atoms with Crippen molar-refractivity contribution in [1.29, 1.82) is 0 Å². The average Bonchev–Trinajstić information content (AvgIpc) is 3.68. The summed E-state index contributed by atoms with van der Waals surface area (Å²) in [7, 11) is 0. The molecule has 1 unspecified atom stereocenters. The third-order valence-corrected chi connectivity index (χ3v) is 6.75. The highest BCUT2D eigenvalue weighted by atomic mass is 19.4. The zero-order valence-corrected chi connectivity index (χ0v) is 21.9. The standard InChI is InChI=1S/C25H28N6O2.C2HF3O2/c1-16(2)31-15-27-23(29-31)20-14-30(25(33)21-9-5-6-12-26-21)22-11-10-17(13-19(20)22)24(32)28-18-7-3-4-8-18;3-2(4,5)1(6)7/h5-6,9-13,15-16,18,20H,3-4,7-8,14H2,1-2H3,(H,28,32);(H,6,7). The van der Waals surface area contributed by atoms with Gasteiger partial charge >= 0.3 is 12.1 Å². The molecule has 40 heavy (non-hydrogen) atoms. The van der Waals surface area contributed by atoms with Gasteiger partial charge in [-0.25, -0.2) is 9.78 Å². The summed E-state index contributed by atoms with van der Waals surface area (Å²) in [6.07, 6.45) is 2.63. The molecule has 1 saturated carbocycles. The van der Waals surface area contributed by atoms with E-state index in [9.17, 15) is 22.8 Å². The summed E-state index contributed by atoms with van der Waals surface area (Å²) in [4.78, 5) is 45.6. The molecule has 3 heterocycles. The van der Waals surface area contributed by atoms with Gasteiger partial charge in [0.05, 0.1) is 5.92 Å². The fraction of sp³-hybridized carbons (Fsp3) is 0.407. The number of hydrogen-bond acceptors (Lipinski definition) is 6. The maximum atomic E-state index is 13.3. The van der Waals surface area contributed by atoms with E-state index in [1.807, 2.05) is 30.7 Å². The highest BCUT2D eigenvalue weighted by Crippen LogP contribution is 2.40. The minimum atomic E-state index is -5.08. The Morgan fingerprint density at radius 2 is 1.77 bits per heavy atom. The highest BCUT2D eigenvalue weighted by molar-refractivity contribution is 6.07. The first kappa shape index (κ1) is 28.7. The molecule has 0 spiro atoms. The third kappa shape index (κ3) is 6.46. The van der Waals surface area contributed by atoms with E-state index < -0.39 is 12.1 Å². The topological polar surface area (TPSA) is 130 Å². The number of halogens is 3. The molecule has 1 aliphatic carbocycles. The van der Waals surface area contributed by atoms with E-state index in [-0.39, 0.29) is 29.8 Å². The van der Waals surface area contributed by atoms with Crippen LogP contribution in [0.3, 0.4) is 0 Å². The summed E-state index contributed by atoms with van der Waals surface area (Å²) in [6.45, 7) is 4.49. The van der Waals surface area contributed by atoms with Crippen LogP contribution in [0.1, 0.15) is 83.7 Å². The minimum Gasteiger partial charge on any atom is -0.475 e. The van der Waals surface area contributed by atoms with Crippen molar-refractivity contribution >= 4 is 23.5 Å². The number of nitrogens with zero attached hydrogens (tertiary/aromatic N) is 5. The van der Waals surface area contributed by atoms with Crippen molar-refractivity contribution in [2.75, 3.05) is 11.4 Å². The van der Waals surface area contributed by atoms with Gasteiger partial charge in [-0.2, -0.15) is 18.3 Å². The Bertz CT molecular complexity index is 1370. The molecular weight excluding hydrogens is 529 g/mol. The minimum absolute atomic E-state index is 0.0707. The summed E-state index contributed by atoms with van der Waals surface area (Å²) in [6, 6.07) is 11.3. The maximum Gasteiger partial charge on any atom is 0.490 e. The van der Waals surface area contributed by atoms with Gasteiger partial charge in [0.1, 0.15) is 12.0 Å². The van der Waals surface area contributed by atoms with Crippen LogP contribution in [0.25, 0.3) is 0 Å². The first-order chi connectivity index (χ1) is 19.0. The lowest BCUT2D eigenvalue weighted by Gasteiger charge is -2.17. The molecule has 13 heteroatoms. The number of carboxylic acid groups (broad SMARTS) is 1. The fourth-order valence-electron chi connectivity index (χ4n) is 4.68. The van der Waals surface area contributed by atoms with E-state index in [2.05, 4.69) is 20.4 Å². The van der Waals surface area contributed by atoms with Gasteiger partial charge in [0.15, 0.2) is 5.82 Å². The van der Waals surface area contributed by atoms with Gasteiger partial charge in [-0.1, -0.05) is 18.9 Å². The molecule has 2 amide bonds. The molecule has 212 valence electrons. The number of carbonyl (C=O) groups excluding carboxylic acids is 2. The van der Waals surface area contributed by atoms with Gasteiger partial charge in [0, 0.05) is 36.1 Å². The van der Waals surface area contributed by atoms with Crippen molar-refractivity contribution in [3.63, 3.8) is 0 Å². The van der Waals surface area contributed by atoms with E-state index in [4.69, 9.17) is 9.90 Å². The summed E-state index contributed by atoms with van der Waals surface area (Å²) in [5, 5.41) is 14.9. The monoisotopic (exact) mass is 558 g/mol. The molecule has 0 radical (unpaired) electrons. The Morgan fingerprint density at radius 3 is 2.35 bits per heavy atom. The van der Waals surface area contributed by atoms with Crippen molar-refractivity contribution in [2.24, 2.45) is 0 Å². The summed E-state index contributed by atoms with van der Waals surface area (Å²) >= 11 is 0. The van der Waals surface area contributed by atoms with Gasteiger partial charge < -0.3 is 15.3 Å². The molecular formula is C27H29F3N6O4. The van der Waals surface area contributed by atoms with Crippen LogP contribution in [0.5, 0.6) is 0 Å². The van der Waals surface area contributed by atoms with Crippen molar-refractivity contribution in [3.05, 3.63) is 71.6 Å². The number of nitrogens with one attached hydrogen (secondary N) is 1. The Kier molecular flexibility index (Phi) is 8.50. The Labute approximate surface area is 228 Å². The Morgan fingerprint density at radius 1 is 1.07 bits per heavy atom. The molecule has 0 bridgehead atoms. The van der Waals surface area contributed by atoms with Crippen LogP contribution in [0.15, 0.2) is 48.9 Å². The second-order valence-corrected chi connectivity index (χ2v) is 9.89. The summed E-state index contributed by atoms with van der Waals surface area (Å²) in [5.74, 6) is -2.57. The second-order valence-electron chi connectivity index (χ2n) is 9.89. The summed E-state index contributed by atoms with van der Waals surface area (Å²) < 4.78 is 33.6. The third-order valence-electron chi connectivity index (χ3n) is 6.75. The van der Waals surface area contributed by atoms with E-state index in [0.717, 1.165) is 36.9 Å². The molecule has 1 fully saturated rings. The zero-order chi connectivity index (χ0) is 29.0. The quantitative estimate of drug-likeness (QED) is 0.476. The van der Waals surface area contributed by atoms with Crippen molar-refractivity contribution in [1.82, 2.24) is 25.1 Å². The predicted octanol–water partition coefficient (Wildman–Crippen LogP) is 4.35. The molecule has 2 aromatic heterocycles. The molecule has 1 atom stereocenters. The van der Waals surface area contributed by atoms with E-state index in [0.29, 0.717) is 23.6 Å². The van der Waals surface area contributed by atoms with Crippen molar-refractivity contribution in [3.8, 4) is 0 Å². The van der Waals surface area contributed by atoms with Crippen LogP contribution in [0, 0.1) is 0 Å². The number of aromatic nitrogens is 4. The normalized spacial score (nSPS) is 16.9. The SMILES string of the molecule is CC(C)n1cnc(C2CN(C(=O)c3ccccn3)c3ccc(C(=O)NC4CCCC4)cc32)n1.O=C(O)C(F)(F)F. The number of hydrogen-bond donors (Lipinski definition) is 2. The van der Waals surface area contributed by atoms with Gasteiger partial charge in [-0.05, 0) is 62.6 Å². The zero-order valence-electron chi connectivity index (χ0n) is 21.9. The number of anilines is 1. The van der Waals surface area contributed by atoms with Crippen LogP contribution in [0.2, 0.25) is 0 Å². The highest BCUT2D eigenvalue weighted by Gasteiger charge is 2.38. The average molecular weight is 559 g/mol. The lowest BCUT2D eigenvalue weighted by molar-refractivity contribution is -0.192. The molecule has 0 saturated heterocycles. The largest absolute Gasteiger partial charge is 0.490 e. The smallest absolute Gasteiger partial charge is 0.475 e. The van der Waals surface area contributed by atoms with Crippen molar-refractivity contribution in [2.45, 2.75) is 63.7 Å². The summed E-state index contributed by atoms with van der Waals surface area (Å²) in [5.41, 5.74) is 2.64. The number of carbonyl (C=O) groups is 3. The number of aliphatic carboxylic acids is 1. The maximum absolute atomic E-state index is 13.3. The molecule has 2 N–H and O–H groups in total. The lowest BCUT2D eigenvalue weighted by Crippen LogP contribution is -2.32. The molecule has 1 aromatic carbocycles. The van der Waals surface area contributed by atoms with Gasteiger partial charge in [-0.15, -0.1) is 0 Å². The second kappa shape index (κ2) is 11.8. The van der Waals surface area contributed by atoms with E-state index >= 15 is 0 Å². The number of pyridine rings is 1. The van der Waals surface area contributed by atoms with Crippen LogP contribution in [-0.4, -0.2) is 61.4 Å². The van der Waals surface area contributed by atoms with Crippen molar-refractivity contribution < 1.29 is 32.7 Å². The first-order valence-electron chi connectivity index (χ1n) is 12.8. The van der Waals surface area contributed by atoms with Gasteiger partial charge in [0.2, 0.25) is 0 Å². The van der Waals surface area contributed by atoms with E-state index in [1.54, 1.807) is 41.7 Å². The predicted molar refractivity (Wildman–Crippen MR) is 138 cm³/mol. The number of carboxylic acids is 1. The van der Waals surface area contributed by atoms with Crippen LogP contribution in [0.4, 0.5) is 18.9 Å². The number of benzene rings is 1. The molecule has 2 aliphatic rings. The van der Waals surface area contributed by atoms with Gasteiger partial charge in [0.25, 0.3) is 11.8 Å². The number of amides is 2. The van der Waals surface area contributed by atoms with E-state index in [1.165, 1.54) is 0 Å². The Balaban J connectivity index is 0.000000470. The van der Waals surface area contributed by atoms with Gasteiger partial charge in [-0.3, -0.25) is 19.3 Å².